The van der Waals surface area contributed by atoms with Crippen molar-refractivity contribution >= 4 is 44.8 Å². The zero-order chi connectivity index (χ0) is 19.2. The first-order valence-corrected chi connectivity index (χ1v) is 9.84. The van der Waals surface area contributed by atoms with Gasteiger partial charge in [-0.3, -0.25) is 0 Å². The molecule has 1 N–H and O–H groups in total. The summed E-state index contributed by atoms with van der Waals surface area (Å²) in [5.41, 5.74) is 2.93. The third-order valence-electron chi connectivity index (χ3n) is 3.97. The van der Waals surface area contributed by atoms with Crippen LogP contribution < -0.4 is 14.8 Å². The van der Waals surface area contributed by atoms with Gasteiger partial charge >= 0.3 is 0 Å². The van der Waals surface area contributed by atoms with Crippen LogP contribution in [0.15, 0.2) is 65.1 Å². The van der Waals surface area contributed by atoms with Crippen LogP contribution in [0.3, 0.4) is 0 Å². The van der Waals surface area contributed by atoms with Gasteiger partial charge in [-0.05, 0) is 41.5 Å². The Balaban J connectivity index is 1.73. The Labute approximate surface area is 177 Å². The quantitative estimate of drug-likeness (QED) is 0.408. The fourth-order valence-electron chi connectivity index (χ4n) is 2.54. The van der Waals surface area contributed by atoms with E-state index in [4.69, 9.17) is 32.7 Å². The molecule has 0 saturated heterocycles. The smallest absolute Gasteiger partial charge is 0.162 e. The van der Waals surface area contributed by atoms with E-state index >= 15 is 0 Å². The highest BCUT2D eigenvalue weighted by Crippen LogP contribution is 2.35. The van der Waals surface area contributed by atoms with Crippen molar-refractivity contribution in [2.75, 3.05) is 12.4 Å². The number of rotatable bonds is 7. The van der Waals surface area contributed by atoms with E-state index in [1.165, 1.54) is 0 Å². The molecule has 3 aromatic carbocycles. The van der Waals surface area contributed by atoms with E-state index in [0.717, 1.165) is 21.3 Å². The molecule has 0 aliphatic rings. The Kier molecular flexibility index (Phi) is 6.89. The molecule has 0 aliphatic carbocycles. The molecule has 0 amide bonds. The second-order valence-corrected chi connectivity index (χ2v) is 7.54. The van der Waals surface area contributed by atoms with Crippen molar-refractivity contribution in [2.45, 2.75) is 13.2 Å². The lowest BCUT2D eigenvalue weighted by Crippen LogP contribution is -2.03. The molecular weight excluding hydrogens is 449 g/mol. The summed E-state index contributed by atoms with van der Waals surface area (Å²) in [6, 6.07) is 19.2. The molecule has 0 spiro atoms. The molecule has 6 heteroatoms. The number of halogens is 3. The summed E-state index contributed by atoms with van der Waals surface area (Å²) in [5, 5.41) is 4.49. The van der Waals surface area contributed by atoms with Crippen LogP contribution in [0.1, 0.15) is 11.1 Å². The largest absolute Gasteiger partial charge is 0.493 e. The minimum Gasteiger partial charge on any atom is -0.493 e. The van der Waals surface area contributed by atoms with Gasteiger partial charge in [0.1, 0.15) is 6.61 Å². The van der Waals surface area contributed by atoms with E-state index in [0.29, 0.717) is 34.7 Å². The van der Waals surface area contributed by atoms with Crippen molar-refractivity contribution in [3.63, 3.8) is 0 Å². The average Bonchev–Trinajstić information content (AvgIpc) is 2.67. The van der Waals surface area contributed by atoms with Crippen molar-refractivity contribution < 1.29 is 9.47 Å². The molecule has 140 valence electrons. The molecule has 3 nitrogen and oxygen atoms in total. The van der Waals surface area contributed by atoms with Gasteiger partial charge < -0.3 is 14.8 Å². The number of hydrogen-bond donors (Lipinski definition) is 1. The van der Waals surface area contributed by atoms with Crippen molar-refractivity contribution in [2.24, 2.45) is 0 Å². The lowest BCUT2D eigenvalue weighted by atomic mass is 10.2. The van der Waals surface area contributed by atoms with Crippen molar-refractivity contribution in [1.29, 1.82) is 0 Å². The number of hydrogen-bond acceptors (Lipinski definition) is 3. The molecule has 0 aromatic heterocycles. The molecule has 0 atom stereocenters. The van der Waals surface area contributed by atoms with Gasteiger partial charge in [0.05, 0.1) is 17.8 Å². The molecule has 0 aliphatic heterocycles. The van der Waals surface area contributed by atoms with Crippen LogP contribution in [0.25, 0.3) is 0 Å². The van der Waals surface area contributed by atoms with Gasteiger partial charge in [-0.15, -0.1) is 0 Å². The zero-order valence-electron chi connectivity index (χ0n) is 14.6. The normalized spacial score (nSPS) is 10.5. The number of anilines is 1. The first-order valence-electron chi connectivity index (χ1n) is 8.29. The van der Waals surface area contributed by atoms with Gasteiger partial charge in [-0.2, -0.15) is 0 Å². The van der Waals surface area contributed by atoms with E-state index in [2.05, 4.69) is 21.2 Å². The maximum absolute atomic E-state index is 6.22. The second-order valence-electron chi connectivity index (χ2n) is 5.85. The van der Waals surface area contributed by atoms with Gasteiger partial charge in [0.25, 0.3) is 0 Å². The summed E-state index contributed by atoms with van der Waals surface area (Å²) in [6.45, 7) is 1.04. The van der Waals surface area contributed by atoms with E-state index in [1.807, 2.05) is 48.5 Å². The van der Waals surface area contributed by atoms with Crippen LogP contribution in [0.5, 0.6) is 11.5 Å². The fraction of sp³-hybridized carbons (Fsp3) is 0.143. The monoisotopic (exact) mass is 465 g/mol. The average molecular weight is 467 g/mol. The highest BCUT2D eigenvalue weighted by atomic mass is 79.9. The Hall–Kier alpha value is -1.88. The first-order chi connectivity index (χ1) is 13.1. The fourth-order valence-corrected chi connectivity index (χ4v) is 3.48. The summed E-state index contributed by atoms with van der Waals surface area (Å²) in [4.78, 5) is 0. The molecule has 0 radical (unpaired) electrons. The summed E-state index contributed by atoms with van der Waals surface area (Å²) in [5.74, 6) is 1.36. The van der Waals surface area contributed by atoms with Gasteiger partial charge in [-0.25, -0.2) is 0 Å². The topological polar surface area (TPSA) is 30.5 Å². The Morgan fingerprint density at radius 3 is 2.44 bits per heavy atom. The first kappa shape index (κ1) is 19.9. The van der Waals surface area contributed by atoms with E-state index in [-0.39, 0.29) is 0 Å². The van der Waals surface area contributed by atoms with Gasteiger partial charge in [-0.1, -0.05) is 69.5 Å². The SMILES string of the molecule is COc1cc(CNc2ccc(Cl)cc2Cl)c(Br)cc1OCc1ccccc1. The molecule has 0 unspecified atom stereocenters. The minimum atomic E-state index is 0.474. The van der Waals surface area contributed by atoms with Crippen LogP contribution >= 0.6 is 39.1 Å². The lowest BCUT2D eigenvalue weighted by molar-refractivity contribution is 0.284. The van der Waals surface area contributed by atoms with Gasteiger partial charge in [0.15, 0.2) is 11.5 Å². The molecular formula is C21H18BrCl2NO2. The molecule has 0 fully saturated rings. The molecule has 0 heterocycles. The Bertz CT molecular complexity index is 920. The summed E-state index contributed by atoms with van der Waals surface area (Å²) in [6.07, 6.45) is 0. The highest BCUT2D eigenvalue weighted by molar-refractivity contribution is 9.10. The summed E-state index contributed by atoms with van der Waals surface area (Å²) in [7, 11) is 1.63. The van der Waals surface area contributed by atoms with Crippen molar-refractivity contribution in [1.82, 2.24) is 0 Å². The molecule has 3 rings (SSSR count). The molecule has 0 saturated carbocycles. The molecule has 3 aromatic rings. The standard InChI is InChI=1S/C21H18BrCl2NO2/c1-26-20-9-15(12-25-19-8-7-16(23)10-18(19)24)17(22)11-21(20)27-13-14-5-3-2-4-6-14/h2-11,25H,12-13H2,1H3. The maximum atomic E-state index is 6.22. The Morgan fingerprint density at radius 1 is 0.963 bits per heavy atom. The van der Waals surface area contributed by atoms with Crippen LogP contribution in [-0.2, 0) is 13.2 Å². The number of benzene rings is 3. The van der Waals surface area contributed by atoms with Gasteiger partial charge in [0.2, 0.25) is 0 Å². The van der Waals surface area contributed by atoms with Crippen LogP contribution in [0.2, 0.25) is 10.0 Å². The van der Waals surface area contributed by atoms with E-state index < -0.39 is 0 Å². The molecule has 27 heavy (non-hydrogen) atoms. The minimum absolute atomic E-state index is 0.474. The number of ether oxygens (including phenoxy) is 2. The zero-order valence-corrected chi connectivity index (χ0v) is 17.7. The predicted octanol–water partition coefficient (Wildman–Crippen LogP) is 6.96. The van der Waals surface area contributed by atoms with Crippen molar-refractivity contribution in [3.05, 3.63) is 86.3 Å². The predicted molar refractivity (Wildman–Crippen MR) is 115 cm³/mol. The summed E-state index contributed by atoms with van der Waals surface area (Å²) >= 11 is 15.8. The van der Waals surface area contributed by atoms with Crippen LogP contribution in [-0.4, -0.2) is 7.11 Å². The summed E-state index contributed by atoms with van der Waals surface area (Å²) < 4.78 is 12.4. The third kappa shape index (κ3) is 5.32. The second kappa shape index (κ2) is 9.36. The van der Waals surface area contributed by atoms with E-state index in [1.54, 1.807) is 19.2 Å². The maximum Gasteiger partial charge on any atom is 0.162 e. The third-order valence-corrected chi connectivity index (χ3v) is 5.26. The highest BCUT2D eigenvalue weighted by Gasteiger charge is 2.11. The number of methoxy groups -OCH3 is 1. The number of nitrogens with one attached hydrogen (secondary N) is 1. The van der Waals surface area contributed by atoms with Gasteiger partial charge in [0, 0.05) is 16.0 Å². The van der Waals surface area contributed by atoms with Crippen molar-refractivity contribution in [3.8, 4) is 11.5 Å². The van der Waals surface area contributed by atoms with E-state index in [9.17, 15) is 0 Å². The Morgan fingerprint density at radius 2 is 1.74 bits per heavy atom. The lowest BCUT2D eigenvalue weighted by Gasteiger charge is -2.15. The van der Waals surface area contributed by atoms with Crippen LogP contribution in [0, 0.1) is 0 Å². The van der Waals surface area contributed by atoms with Crippen LogP contribution in [0.4, 0.5) is 5.69 Å². The molecule has 0 bridgehead atoms.